The van der Waals surface area contributed by atoms with Gasteiger partial charge < -0.3 is 24.0 Å². The monoisotopic (exact) mass is 588 g/mol. The van der Waals surface area contributed by atoms with Gasteiger partial charge in [0, 0.05) is 62.2 Å². The number of aliphatic hydroxyl groups excluding tert-OH is 1. The molecule has 44 heavy (non-hydrogen) atoms. The predicted molar refractivity (Wildman–Crippen MR) is 174 cm³/mol. The third kappa shape index (κ3) is 7.15. The van der Waals surface area contributed by atoms with Gasteiger partial charge in [-0.3, -0.25) is 14.4 Å². The second kappa shape index (κ2) is 13.7. The largest absolute Gasteiger partial charge is 0.507 e. The Morgan fingerprint density at radius 2 is 1.55 bits per heavy atom. The number of allylic oxidation sites excluding steroid dienone is 3. The summed E-state index contributed by atoms with van der Waals surface area (Å²) in [7, 11) is 0. The van der Waals surface area contributed by atoms with Crippen LogP contribution >= 0.6 is 0 Å². The van der Waals surface area contributed by atoms with Crippen LogP contribution in [0, 0.1) is 0 Å². The Hall–Kier alpha value is -5.37. The van der Waals surface area contributed by atoms with E-state index in [0.717, 1.165) is 28.6 Å². The van der Waals surface area contributed by atoms with Crippen LogP contribution < -0.4 is 10.5 Å². The lowest BCUT2D eigenvalue weighted by molar-refractivity contribution is -0.142. The van der Waals surface area contributed by atoms with Crippen molar-refractivity contribution in [2.75, 3.05) is 31.1 Å². The Labute approximate surface area is 257 Å². The average Bonchev–Trinajstić information content (AvgIpc) is 3.58. The first-order valence-corrected chi connectivity index (χ1v) is 14.6. The maximum atomic E-state index is 13.3. The van der Waals surface area contributed by atoms with Gasteiger partial charge in [0.2, 0.25) is 5.78 Å². The first kappa shape index (κ1) is 30.1. The van der Waals surface area contributed by atoms with Crippen molar-refractivity contribution in [2.24, 2.45) is 0 Å². The number of carbonyl (C=O) groups excluding carboxylic acids is 2. The minimum Gasteiger partial charge on any atom is -0.507 e. The Kier molecular flexibility index (Phi) is 9.40. The van der Waals surface area contributed by atoms with Gasteiger partial charge in [0.25, 0.3) is 11.5 Å². The summed E-state index contributed by atoms with van der Waals surface area (Å²) in [5.41, 5.74) is 4.10. The molecule has 0 unspecified atom stereocenters. The van der Waals surface area contributed by atoms with E-state index < -0.39 is 23.0 Å². The summed E-state index contributed by atoms with van der Waals surface area (Å²) in [6.07, 6.45) is 10.7. The van der Waals surface area contributed by atoms with Crippen LogP contribution in [0.1, 0.15) is 23.6 Å². The summed E-state index contributed by atoms with van der Waals surface area (Å²) in [5, 5.41) is 11.0. The topological polar surface area (TPSA) is 87.8 Å². The number of hydrogen-bond acceptors (Lipinski definition) is 5. The van der Waals surface area contributed by atoms with Crippen LogP contribution in [0.2, 0.25) is 0 Å². The van der Waals surface area contributed by atoms with Crippen molar-refractivity contribution in [1.82, 2.24) is 14.0 Å². The summed E-state index contributed by atoms with van der Waals surface area (Å²) in [6, 6.07) is 23.5. The first-order valence-electron chi connectivity index (χ1n) is 14.6. The van der Waals surface area contributed by atoms with Crippen molar-refractivity contribution in [3.63, 3.8) is 0 Å². The molecule has 2 aromatic heterocycles. The minimum atomic E-state index is -0.871. The zero-order valence-electron chi connectivity index (χ0n) is 24.8. The molecule has 0 atom stereocenters. The molecule has 1 fully saturated rings. The number of rotatable bonds is 10. The molecule has 5 rings (SSSR count). The Morgan fingerprint density at radius 1 is 0.886 bits per heavy atom. The number of hydrogen-bond donors (Lipinski definition) is 1. The molecule has 224 valence electrons. The van der Waals surface area contributed by atoms with Gasteiger partial charge in [-0.25, -0.2) is 0 Å². The molecule has 2 aromatic carbocycles. The Balaban J connectivity index is 1.29. The third-order valence-corrected chi connectivity index (χ3v) is 7.61. The number of anilines is 1. The van der Waals surface area contributed by atoms with Gasteiger partial charge in [-0.1, -0.05) is 49.1 Å². The predicted octanol–water partition coefficient (Wildman–Crippen LogP) is 5.18. The summed E-state index contributed by atoms with van der Waals surface area (Å²) < 4.78 is 3.50. The molecule has 1 aliphatic rings. The normalized spacial score (nSPS) is 13.8. The summed E-state index contributed by atoms with van der Waals surface area (Å²) >= 11 is 0. The van der Waals surface area contributed by atoms with Crippen LogP contribution in [0.4, 0.5) is 5.69 Å². The zero-order valence-corrected chi connectivity index (χ0v) is 24.8. The summed E-state index contributed by atoms with van der Waals surface area (Å²) in [4.78, 5) is 43.1. The summed E-state index contributed by atoms with van der Waals surface area (Å²) in [6.45, 7) is 7.96. The molecule has 0 radical (unpaired) electrons. The van der Waals surface area contributed by atoms with Gasteiger partial charge in [0.15, 0.2) is 0 Å². The van der Waals surface area contributed by atoms with E-state index >= 15 is 0 Å². The molecule has 0 saturated carbocycles. The number of piperazine rings is 1. The van der Waals surface area contributed by atoms with E-state index in [9.17, 15) is 19.5 Å². The van der Waals surface area contributed by atoms with E-state index in [1.54, 1.807) is 12.3 Å². The van der Waals surface area contributed by atoms with Crippen LogP contribution in [0.25, 0.3) is 11.4 Å². The maximum absolute atomic E-state index is 13.3. The molecule has 8 heteroatoms. The van der Waals surface area contributed by atoms with E-state index in [1.165, 1.54) is 9.47 Å². The van der Waals surface area contributed by atoms with Crippen molar-refractivity contribution < 1.29 is 14.7 Å². The minimum absolute atomic E-state index is 0.0407. The highest BCUT2D eigenvalue weighted by molar-refractivity contribution is 6.41. The quantitative estimate of drug-likeness (QED) is 0.119. The molecule has 1 aliphatic heterocycles. The Morgan fingerprint density at radius 3 is 2.20 bits per heavy atom. The van der Waals surface area contributed by atoms with Crippen molar-refractivity contribution >= 4 is 23.1 Å². The van der Waals surface area contributed by atoms with Crippen molar-refractivity contribution in [3.05, 3.63) is 149 Å². The van der Waals surface area contributed by atoms with Gasteiger partial charge in [0.1, 0.15) is 5.76 Å². The fourth-order valence-corrected chi connectivity index (χ4v) is 5.36. The average molecular weight is 589 g/mol. The molecule has 4 aromatic rings. The highest BCUT2D eigenvalue weighted by Gasteiger charge is 2.26. The first-order chi connectivity index (χ1) is 21.3. The van der Waals surface area contributed by atoms with Crippen molar-refractivity contribution in [1.29, 1.82) is 0 Å². The van der Waals surface area contributed by atoms with Gasteiger partial charge in [0.05, 0.1) is 12.1 Å². The van der Waals surface area contributed by atoms with Crippen molar-refractivity contribution in [3.8, 4) is 5.69 Å². The number of amides is 1. The Bertz CT molecular complexity index is 1740. The van der Waals surface area contributed by atoms with Crippen LogP contribution in [-0.4, -0.2) is 57.0 Å². The standard InChI is InChI=1S/C36H36N4O4/c1-3-9-27(2)25-40-26-29(22-28-10-5-4-6-11-28)23-32(35(40)43)33(41)24-34(42)36(44)39-20-18-38(19-21-39)31-14-12-30(13-15-31)37-16-7-8-17-37/h3-17,23-24,26,41H,2,18-22,25H2,1H3/b9-3-,33-24-. The number of benzene rings is 2. The van der Waals surface area contributed by atoms with Crippen LogP contribution in [0.3, 0.4) is 0 Å². The van der Waals surface area contributed by atoms with Gasteiger partial charge in [-0.15, -0.1) is 0 Å². The van der Waals surface area contributed by atoms with E-state index in [0.29, 0.717) is 38.2 Å². The number of aromatic nitrogens is 2. The SMILES string of the molecule is C=C(/C=C\C)Cn1cc(Cc2ccccc2)cc(/C(O)=C/C(=O)C(=O)N2CCN(c3ccc(-n4cccc4)cc3)CC2)c1=O. The lowest BCUT2D eigenvalue weighted by atomic mass is 10.0. The number of pyridine rings is 1. The van der Waals surface area contributed by atoms with Gasteiger partial charge >= 0.3 is 0 Å². The van der Waals surface area contributed by atoms with E-state index in [2.05, 4.69) is 11.5 Å². The van der Waals surface area contributed by atoms with E-state index in [4.69, 9.17) is 0 Å². The van der Waals surface area contributed by atoms with Crippen LogP contribution in [-0.2, 0) is 22.6 Å². The lowest BCUT2D eigenvalue weighted by Gasteiger charge is -2.35. The fourth-order valence-electron chi connectivity index (χ4n) is 5.36. The summed E-state index contributed by atoms with van der Waals surface area (Å²) in [5.74, 6) is -2.11. The van der Waals surface area contributed by atoms with Crippen molar-refractivity contribution in [2.45, 2.75) is 19.9 Å². The second-order valence-corrected chi connectivity index (χ2v) is 10.8. The number of ketones is 1. The molecule has 0 bridgehead atoms. The molecular weight excluding hydrogens is 552 g/mol. The van der Waals surface area contributed by atoms with Crippen LogP contribution in [0.15, 0.2) is 127 Å². The molecule has 8 nitrogen and oxygen atoms in total. The molecule has 1 saturated heterocycles. The van der Waals surface area contributed by atoms with Gasteiger partial charge in [-0.2, -0.15) is 0 Å². The smallest absolute Gasteiger partial charge is 0.294 e. The maximum Gasteiger partial charge on any atom is 0.294 e. The number of aliphatic hydroxyl groups is 1. The zero-order chi connectivity index (χ0) is 31.1. The van der Waals surface area contributed by atoms with Gasteiger partial charge in [-0.05, 0) is 72.5 Å². The molecule has 0 spiro atoms. The number of carbonyl (C=O) groups is 2. The molecule has 3 heterocycles. The second-order valence-electron chi connectivity index (χ2n) is 10.8. The highest BCUT2D eigenvalue weighted by atomic mass is 16.3. The number of nitrogens with zero attached hydrogens (tertiary/aromatic N) is 4. The molecular formula is C36H36N4O4. The lowest BCUT2D eigenvalue weighted by Crippen LogP contribution is -2.50. The van der Waals surface area contributed by atoms with E-state index in [1.807, 2.05) is 103 Å². The van der Waals surface area contributed by atoms with E-state index in [-0.39, 0.29) is 12.1 Å². The molecule has 0 aliphatic carbocycles. The fraction of sp³-hybridized carbons (Fsp3) is 0.194. The molecule has 1 amide bonds. The van der Waals surface area contributed by atoms with Crippen LogP contribution in [0.5, 0.6) is 0 Å². The molecule has 1 N–H and O–H groups in total. The highest BCUT2D eigenvalue weighted by Crippen LogP contribution is 2.20. The third-order valence-electron chi connectivity index (χ3n) is 7.61.